The number of rotatable bonds is 6. The number of nitrogens with zero attached hydrogens (tertiary/aromatic N) is 2. The second-order valence-electron chi connectivity index (χ2n) is 5.43. The Hall–Kier alpha value is -1.14. The van der Waals surface area contributed by atoms with Gasteiger partial charge in [-0.3, -0.25) is 4.21 Å². The Bertz CT molecular complexity index is 859. The summed E-state index contributed by atoms with van der Waals surface area (Å²) in [5.74, 6) is 0.881. The fourth-order valence-electron chi connectivity index (χ4n) is 2.42. The quantitative estimate of drug-likeness (QED) is 0.581. The van der Waals surface area contributed by atoms with E-state index >= 15 is 0 Å². The van der Waals surface area contributed by atoms with Crippen LogP contribution in [0.4, 0.5) is 0 Å². The van der Waals surface area contributed by atoms with Crippen LogP contribution in [0.15, 0.2) is 42.5 Å². The van der Waals surface area contributed by atoms with Crippen molar-refractivity contribution in [2.45, 2.75) is 25.0 Å². The van der Waals surface area contributed by atoms with Gasteiger partial charge in [0.1, 0.15) is 5.15 Å². The van der Waals surface area contributed by atoms with Gasteiger partial charge in [0.15, 0.2) is 0 Å². The zero-order valence-electron chi connectivity index (χ0n) is 13.0. The molecule has 1 atom stereocenters. The van der Waals surface area contributed by atoms with Crippen molar-refractivity contribution >= 4 is 45.3 Å². The number of hydrogen-bond acceptors (Lipinski definition) is 3. The molecular weight excluding hydrogens is 383 g/mol. The predicted molar refractivity (Wildman–Crippen MR) is 102 cm³/mol. The first-order valence-corrected chi connectivity index (χ1v) is 10.4. The van der Waals surface area contributed by atoms with E-state index in [0.29, 0.717) is 27.5 Å². The van der Waals surface area contributed by atoms with Crippen LogP contribution < -0.4 is 0 Å². The lowest BCUT2D eigenvalue weighted by atomic mass is 10.2. The first-order valence-electron chi connectivity index (χ1n) is 7.38. The molecule has 0 N–H and O–H groups in total. The molecule has 0 saturated heterocycles. The van der Waals surface area contributed by atoms with Crippen LogP contribution in [0.5, 0.6) is 0 Å². The molecule has 0 aliphatic carbocycles. The molecule has 0 unspecified atom stereocenters. The Morgan fingerprint density at radius 3 is 2.54 bits per heavy atom. The van der Waals surface area contributed by atoms with Crippen LogP contribution in [0.2, 0.25) is 9.49 Å². The highest BCUT2D eigenvalue weighted by Gasteiger charge is 2.16. The zero-order chi connectivity index (χ0) is 17.1. The Morgan fingerprint density at radius 1 is 1.12 bits per heavy atom. The van der Waals surface area contributed by atoms with Crippen LogP contribution >= 0.6 is 34.5 Å². The topological polar surface area (TPSA) is 34.9 Å². The van der Waals surface area contributed by atoms with E-state index in [0.717, 1.165) is 21.7 Å². The highest BCUT2D eigenvalue weighted by Crippen LogP contribution is 2.26. The van der Waals surface area contributed by atoms with E-state index in [1.165, 1.54) is 11.3 Å². The minimum absolute atomic E-state index is 0.398. The van der Waals surface area contributed by atoms with Crippen molar-refractivity contribution in [2.24, 2.45) is 0 Å². The zero-order valence-corrected chi connectivity index (χ0v) is 16.2. The molecule has 0 aliphatic rings. The number of aromatic nitrogens is 2. The van der Waals surface area contributed by atoms with Gasteiger partial charge in [0.05, 0.1) is 28.1 Å². The van der Waals surface area contributed by atoms with Gasteiger partial charge in [-0.2, -0.15) is 5.10 Å². The number of aryl methyl sites for hydroxylation is 1. The molecule has 24 heavy (non-hydrogen) atoms. The minimum Gasteiger partial charge on any atom is -0.259 e. The highest BCUT2D eigenvalue weighted by atomic mass is 35.5. The van der Waals surface area contributed by atoms with Crippen molar-refractivity contribution in [3.05, 3.63) is 73.7 Å². The molecule has 126 valence electrons. The largest absolute Gasteiger partial charge is 0.259 e. The molecule has 0 amide bonds. The molecule has 1 aromatic carbocycles. The van der Waals surface area contributed by atoms with Crippen molar-refractivity contribution in [1.29, 1.82) is 0 Å². The van der Waals surface area contributed by atoms with E-state index in [1.54, 1.807) is 4.68 Å². The lowest BCUT2D eigenvalue weighted by Gasteiger charge is -2.04. The Kier molecular flexibility index (Phi) is 5.76. The van der Waals surface area contributed by atoms with Gasteiger partial charge in [-0.1, -0.05) is 53.5 Å². The first-order chi connectivity index (χ1) is 11.5. The van der Waals surface area contributed by atoms with Gasteiger partial charge in [0, 0.05) is 21.2 Å². The molecule has 3 nitrogen and oxygen atoms in total. The maximum Gasteiger partial charge on any atom is 0.131 e. The summed E-state index contributed by atoms with van der Waals surface area (Å²) in [4.78, 5) is 1.02. The summed E-state index contributed by atoms with van der Waals surface area (Å²) in [7, 11) is -1.05. The van der Waals surface area contributed by atoms with E-state index in [-0.39, 0.29) is 0 Å². The molecule has 2 aromatic heterocycles. The van der Waals surface area contributed by atoms with Crippen LogP contribution in [-0.2, 0) is 28.9 Å². The van der Waals surface area contributed by atoms with E-state index < -0.39 is 10.8 Å². The second kappa shape index (κ2) is 7.83. The molecule has 2 heterocycles. The lowest BCUT2D eigenvalue weighted by molar-refractivity contribution is 0.679. The molecule has 0 saturated carbocycles. The van der Waals surface area contributed by atoms with Gasteiger partial charge in [-0.05, 0) is 24.6 Å². The smallest absolute Gasteiger partial charge is 0.131 e. The number of thiophene rings is 1. The predicted octanol–water partition coefficient (Wildman–Crippen LogP) is 5.06. The van der Waals surface area contributed by atoms with Gasteiger partial charge in [-0.15, -0.1) is 11.3 Å². The molecule has 0 radical (unpaired) electrons. The summed E-state index contributed by atoms with van der Waals surface area (Å²) in [6, 6.07) is 13.8. The average molecular weight is 399 g/mol. The van der Waals surface area contributed by atoms with E-state index in [9.17, 15) is 4.21 Å². The van der Waals surface area contributed by atoms with Crippen molar-refractivity contribution < 1.29 is 4.21 Å². The minimum atomic E-state index is -1.05. The van der Waals surface area contributed by atoms with Crippen molar-refractivity contribution in [1.82, 2.24) is 9.78 Å². The molecular formula is C17H16Cl2N2OS2. The summed E-state index contributed by atoms with van der Waals surface area (Å²) in [5, 5.41) is 5.07. The third kappa shape index (κ3) is 4.28. The van der Waals surface area contributed by atoms with E-state index in [1.807, 2.05) is 49.4 Å². The van der Waals surface area contributed by atoms with Crippen molar-refractivity contribution in [2.75, 3.05) is 0 Å². The molecule has 0 bridgehead atoms. The highest BCUT2D eigenvalue weighted by molar-refractivity contribution is 7.83. The summed E-state index contributed by atoms with van der Waals surface area (Å²) in [5.41, 5.74) is 2.81. The van der Waals surface area contributed by atoms with Crippen LogP contribution in [-0.4, -0.2) is 14.0 Å². The molecule has 0 aliphatic heterocycles. The lowest BCUT2D eigenvalue weighted by Crippen LogP contribution is -2.02. The standard InChI is InChI=1S/C17H16Cl2N2OS2/c1-12-15(11-24(22)10-14-7-8-16(18)23-14)17(19)21(20-12)9-13-5-3-2-4-6-13/h2-8H,9-11H2,1H3/t24-/m1/s1. The molecule has 0 fully saturated rings. The fraction of sp³-hybridized carbons (Fsp3) is 0.235. The summed E-state index contributed by atoms with van der Waals surface area (Å²) in [6.45, 7) is 2.51. The van der Waals surface area contributed by atoms with Crippen LogP contribution in [0.1, 0.15) is 21.7 Å². The van der Waals surface area contributed by atoms with Crippen molar-refractivity contribution in [3.63, 3.8) is 0 Å². The van der Waals surface area contributed by atoms with Gasteiger partial charge < -0.3 is 0 Å². The summed E-state index contributed by atoms with van der Waals surface area (Å²) >= 11 is 13.9. The monoisotopic (exact) mass is 398 g/mol. The maximum absolute atomic E-state index is 12.4. The summed E-state index contributed by atoms with van der Waals surface area (Å²) < 4.78 is 14.9. The fourth-order valence-corrected chi connectivity index (χ4v) is 5.49. The number of hydrogen-bond donors (Lipinski definition) is 0. The van der Waals surface area contributed by atoms with Crippen LogP contribution in [0.3, 0.4) is 0 Å². The normalized spacial score (nSPS) is 12.5. The Labute approximate surface area is 157 Å². The summed E-state index contributed by atoms with van der Waals surface area (Å²) in [6.07, 6.45) is 0. The Morgan fingerprint density at radius 2 is 1.88 bits per heavy atom. The first kappa shape index (κ1) is 17.7. The molecule has 0 spiro atoms. The van der Waals surface area contributed by atoms with Crippen LogP contribution in [0, 0.1) is 6.92 Å². The third-order valence-corrected chi connectivity index (χ3v) is 6.68. The number of benzene rings is 1. The maximum atomic E-state index is 12.4. The van der Waals surface area contributed by atoms with E-state index in [4.69, 9.17) is 23.2 Å². The van der Waals surface area contributed by atoms with Crippen LogP contribution in [0.25, 0.3) is 0 Å². The second-order valence-corrected chi connectivity index (χ2v) is 9.05. The van der Waals surface area contributed by atoms with Gasteiger partial charge >= 0.3 is 0 Å². The van der Waals surface area contributed by atoms with Gasteiger partial charge in [0.2, 0.25) is 0 Å². The van der Waals surface area contributed by atoms with Gasteiger partial charge in [0.25, 0.3) is 0 Å². The van der Waals surface area contributed by atoms with Gasteiger partial charge in [-0.25, -0.2) is 4.68 Å². The third-order valence-electron chi connectivity index (χ3n) is 3.60. The van der Waals surface area contributed by atoms with Crippen molar-refractivity contribution in [3.8, 4) is 0 Å². The SMILES string of the molecule is Cc1nn(Cc2ccccc2)c(Cl)c1C[S@](=O)Cc1ccc(Cl)s1. The number of halogens is 2. The molecule has 3 rings (SSSR count). The van der Waals surface area contributed by atoms with E-state index in [2.05, 4.69) is 5.10 Å². The average Bonchev–Trinajstić information content (AvgIpc) is 3.07. The molecule has 7 heteroatoms. The molecule has 3 aromatic rings. The Balaban J connectivity index is 1.73.